The van der Waals surface area contributed by atoms with E-state index in [1.54, 1.807) is 57.2 Å². The molecule has 1 fully saturated rings. The van der Waals surface area contributed by atoms with Gasteiger partial charge in [0.25, 0.3) is 11.8 Å². The van der Waals surface area contributed by atoms with Crippen LogP contribution in [0.4, 0.5) is 0 Å². The Morgan fingerprint density at radius 3 is 2.29 bits per heavy atom. The smallest absolute Gasteiger partial charge is 0.293 e. The number of ether oxygens (including phenoxy) is 1. The molecular weight excluding hydrogens is 450 g/mol. The van der Waals surface area contributed by atoms with E-state index in [0.717, 1.165) is 10.6 Å². The lowest BCUT2D eigenvalue weighted by Gasteiger charge is -2.34. The van der Waals surface area contributed by atoms with E-state index in [9.17, 15) is 9.59 Å². The highest BCUT2D eigenvalue weighted by Crippen LogP contribution is 2.26. The number of amides is 2. The van der Waals surface area contributed by atoms with Crippen LogP contribution in [0.1, 0.15) is 21.0 Å². The second-order valence-electron chi connectivity index (χ2n) is 7.80. The normalized spacial score (nSPS) is 13.7. The molecule has 34 heavy (non-hydrogen) atoms. The zero-order chi connectivity index (χ0) is 23.5. The fraction of sp³-hybridized carbons (Fsp3) is 0.200. The van der Waals surface area contributed by atoms with Crippen LogP contribution in [0.2, 0.25) is 0 Å². The van der Waals surface area contributed by atoms with Crippen molar-refractivity contribution in [3.05, 3.63) is 83.5 Å². The zero-order valence-corrected chi connectivity index (χ0v) is 19.4. The van der Waals surface area contributed by atoms with Gasteiger partial charge in [-0.1, -0.05) is 30.3 Å². The summed E-state index contributed by atoms with van der Waals surface area (Å²) in [5, 5.41) is 6.53. The maximum Gasteiger partial charge on any atom is 0.293 e. The van der Waals surface area contributed by atoms with Gasteiger partial charge in [0.05, 0.1) is 17.7 Å². The summed E-state index contributed by atoms with van der Waals surface area (Å²) in [6, 6.07) is 20.7. The number of para-hydroxylation sites is 1. The maximum atomic E-state index is 13.3. The Morgan fingerprint density at radius 1 is 0.882 bits per heavy atom. The molecule has 1 saturated heterocycles. The first-order chi connectivity index (χ1) is 16.6. The molecule has 0 saturated carbocycles. The van der Waals surface area contributed by atoms with Crippen LogP contribution < -0.4 is 4.74 Å². The number of nitrogens with zero attached hydrogens (tertiary/aromatic N) is 5. The third kappa shape index (κ3) is 4.29. The van der Waals surface area contributed by atoms with Crippen LogP contribution in [0.15, 0.2) is 72.1 Å². The molecule has 0 N–H and O–H groups in total. The fourth-order valence-electron chi connectivity index (χ4n) is 3.91. The first kappa shape index (κ1) is 21.8. The number of hydrogen-bond donors (Lipinski definition) is 0. The molecule has 0 aliphatic carbocycles. The summed E-state index contributed by atoms with van der Waals surface area (Å²) < 4.78 is 6.93. The fourth-order valence-corrected chi connectivity index (χ4v) is 4.61. The molecule has 1 aliphatic heterocycles. The summed E-state index contributed by atoms with van der Waals surface area (Å²) in [6.45, 7) is 1.73. The van der Waals surface area contributed by atoms with E-state index in [4.69, 9.17) is 4.74 Å². The first-order valence-electron chi connectivity index (χ1n) is 10.9. The lowest BCUT2D eigenvalue weighted by Crippen LogP contribution is -2.50. The molecule has 9 heteroatoms. The van der Waals surface area contributed by atoms with Crippen LogP contribution in [-0.4, -0.2) is 69.7 Å². The highest BCUT2D eigenvalue weighted by atomic mass is 32.1. The highest BCUT2D eigenvalue weighted by Gasteiger charge is 2.29. The van der Waals surface area contributed by atoms with Crippen molar-refractivity contribution in [2.24, 2.45) is 0 Å². The molecule has 8 nitrogen and oxygen atoms in total. The Bertz CT molecular complexity index is 1300. The van der Waals surface area contributed by atoms with Gasteiger partial charge in [0.2, 0.25) is 5.82 Å². The van der Waals surface area contributed by atoms with E-state index in [0.29, 0.717) is 43.3 Å². The molecule has 4 aromatic rings. The van der Waals surface area contributed by atoms with Gasteiger partial charge >= 0.3 is 0 Å². The summed E-state index contributed by atoms with van der Waals surface area (Å²) in [5.41, 5.74) is 1.41. The lowest BCUT2D eigenvalue weighted by molar-refractivity contribution is 0.0529. The van der Waals surface area contributed by atoms with Gasteiger partial charge in [-0.15, -0.1) is 16.4 Å². The minimum absolute atomic E-state index is 0.0718. The number of methoxy groups -OCH3 is 1. The van der Waals surface area contributed by atoms with Crippen LogP contribution in [0.5, 0.6) is 5.75 Å². The number of thiophene rings is 1. The number of piperazine rings is 1. The quantitative estimate of drug-likeness (QED) is 0.442. The van der Waals surface area contributed by atoms with Gasteiger partial charge in [-0.05, 0) is 41.8 Å². The van der Waals surface area contributed by atoms with E-state index < -0.39 is 0 Å². The monoisotopic (exact) mass is 473 g/mol. The van der Waals surface area contributed by atoms with Crippen LogP contribution in [0, 0.1) is 0 Å². The maximum absolute atomic E-state index is 13.3. The largest absolute Gasteiger partial charge is 0.497 e. The molecule has 1 aliphatic rings. The van der Waals surface area contributed by atoms with Crippen molar-refractivity contribution in [1.29, 1.82) is 0 Å². The van der Waals surface area contributed by atoms with Crippen molar-refractivity contribution in [2.45, 2.75) is 0 Å². The van der Waals surface area contributed by atoms with Crippen molar-refractivity contribution in [2.75, 3.05) is 33.3 Å². The molecule has 2 aromatic carbocycles. The molecule has 5 rings (SSSR count). The predicted molar refractivity (Wildman–Crippen MR) is 129 cm³/mol. The second kappa shape index (κ2) is 9.48. The Kier molecular flexibility index (Phi) is 6.09. The van der Waals surface area contributed by atoms with Crippen molar-refractivity contribution >= 4 is 23.2 Å². The SMILES string of the molecule is COc1cccc(C(=O)N2CCN(C(=O)c3nc(-c4cccs4)n(-c4ccccc4)n3)CC2)c1. The molecule has 3 heterocycles. The van der Waals surface area contributed by atoms with Crippen molar-refractivity contribution in [3.8, 4) is 22.1 Å². The Morgan fingerprint density at radius 2 is 1.62 bits per heavy atom. The molecule has 0 spiro atoms. The molecule has 0 unspecified atom stereocenters. The van der Waals surface area contributed by atoms with E-state index in [-0.39, 0.29) is 17.6 Å². The van der Waals surface area contributed by atoms with Crippen LogP contribution >= 0.6 is 11.3 Å². The topological polar surface area (TPSA) is 80.6 Å². The zero-order valence-electron chi connectivity index (χ0n) is 18.6. The summed E-state index contributed by atoms with van der Waals surface area (Å²) in [6.07, 6.45) is 0. The van der Waals surface area contributed by atoms with Gasteiger partial charge in [0.1, 0.15) is 5.75 Å². The average molecular weight is 474 g/mol. The first-order valence-corrected chi connectivity index (χ1v) is 11.8. The number of carbonyl (C=O) groups excluding carboxylic acids is 2. The summed E-state index contributed by atoms with van der Waals surface area (Å²) in [7, 11) is 1.57. The predicted octanol–water partition coefficient (Wildman–Crippen LogP) is 3.60. The molecule has 2 aromatic heterocycles. The summed E-state index contributed by atoms with van der Waals surface area (Å²) in [4.78, 5) is 35.2. The van der Waals surface area contributed by atoms with Crippen molar-refractivity contribution in [1.82, 2.24) is 24.6 Å². The molecule has 172 valence electrons. The van der Waals surface area contributed by atoms with Gasteiger partial charge in [-0.2, -0.15) is 0 Å². The summed E-state index contributed by atoms with van der Waals surface area (Å²) >= 11 is 1.55. The van der Waals surface area contributed by atoms with Crippen LogP contribution in [0.3, 0.4) is 0 Å². The van der Waals surface area contributed by atoms with E-state index >= 15 is 0 Å². The Hall–Kier alpha value is -3.98. The second-order valence-corrected chi connectivity index (χ2v) is 8.75. The number of hydrogen-bond acceptors (Lipinski definition) is 6. The Labute approximate surface area is 201 Å². The molecular formula is C25H23N5O3S. The number of rotatable bonds is 5. The van der Waals surface area contributed by atoms with Gasteiger partial charge in [0, 0.05) is 31.7 Å². The molecule has 0 atom stereocenters. The van der Waals surface area contributed by atoms with Crippen LogP contribution in [0.25, 0.3) is 16.4 Å². The minimum atomic E-state index is -0.235. The molecule has 0 bridgehead atoms. The molecule has 0 radical (unpaired) electrons. The lowest BCUT2D eigenvalue weighted by atomic mass is 10.1. The third-order valence-corrected chi connectivity index (χ3v) is 6.58. The van der Waals surface area contributed by atoms with E-state index in [1.807, 2.05) is 47.8 Å². The van der Waals surface area contributed by atoms with E-state index in [2.05, 4.69) is 10.1 Å². The number of benzene rings is 2. The minimum Gasteiger partial charge on any atom is -0.497 e. The Balaban J connectivity index is 1.32. The van der Waals surface area contributed by atoms with Crippen LogP contribution in [-0.2, 0) is 0 Å². The molecule has 2 amide bonds. The number of carbonyl (C=O) groups is 2. The number of aromatic nitrogens is 3. The highest BCUT2D eigenvalue weighted by molar-refractivity contribution is 7.13. The van der Waals surface area contributed by atoms with Gasteiger partial charge in [-0.3, -0.25) is 9.59 Å². The van der Waals surface area contributed by atoms with Crippen molar-refractivity contribution in [3.63, 3.8) is 0 Å². The van der Waals surface area contributed by atoms with Gasteiger partial charge in [0.15, 0.2) is 5.82 Å². The summed E-state index contributed by atoms with van der Waals surface area (Å²) in [5.74, 6) is 1.12. The van der Waals surface area contributed by atoms with Crippen molar-refractivity contribution < 1.29 is 14.3 Å². The standard InChI is InChI=1S/C25H23N5O3S/c1-33-20-10-5-7-18(17-20)24(31)28-12-14-29(15-13-28)25(32)22-26-23(21-11-6-16-34-21)30(27-22)19-8-3-2-4-9-19/h2-11,16-17H,12-15H2,1H3. The average Bonchev–Trinajstić information content (AvgIpc) is 3.59. The van der Waals surface area contributed by atoms with E-state index in [1.165, 1.54) is 0 Å². The van der Waals surface area contributed by atoms with Gasteiger partial charge in [-0.25, -0.2) is 9.67 Å². The third-order valence-electron chi connectivity index (χ3n) is 5.71. The van der Waals surface area contributed by atoms with Gasteiger partial charge < -0.3 is 14.5 Å².